The first-order valence-electron chi connectivity index (χ1n) is 14.5. The van der Waals surface area contributed by atoms with Crippen LogP contribution >= 0.6 is 69.6 Å². The minimum absolute atomic E-state index is 0.0204. The van der Waals surface area contributed by atoms with Crippen LogP contribution in [0.1, 0.15) is 101 Å². The number of rotatable bonds is 14. The molecule has 0 saturated heterocycles. The number of halogens is 6. The van der Waals surface area contributed by atoms with Crippen molar-refractivity contribution in [1.82, 2.24) is 0 Å². The van der Waals surface area contributed by atoms with Gasteiger partial charge in [0.2, 0.25) is 0 Å². The van der Waals surface area contributed by atoms with Gasteiger partial charge in [0, 0.05) is 0 Å². The fourth-order valence-electron chi connectivity index (χ4n) is 4.58. The molecule has 0 radical (unpaired) electrons. The Morgan fingerprint density at radius 1 is 0.565 bits per heavy atom. The van der Waals surface area contributed by atoms with Crippen LogP contribution in [0.25, 0.3) is 0 Å². The summed E-state index contributed by atoms with van der Waals surface area (Å²) in [4.78, 5) is 52.0. The maximum atomic E-state index is 13.1. The molecule has 2 aromatic rings. The highest BCUT2D eigenvalue weighted by molar-refractivity contribution is 6.47. The molecule has 0 bridgehead atoms. The Morgan fingerprint density at radius 3 is 1.20 bits per heavy atom. The van der Waals surface area contributed by atoms with Crippen molar-refractivity contribution in [2.75, 3.05) is 13.2 Å². The van der Waals surface area contributed by atoms with Gasteiger partial charge in [0.25, 0.3) is 0 Å². The van der Waals surface area contributed by atoms with E-state index >= 15 is 0 Å². The van der Waals surface area contributed by atoms with Crippen molar-refractivity contribution in [2.24, 2.45) is 10.8 Å². The van der Waals surface area contributed by atoms with E-state index in [2.05, 4.69) is 0 Å². The molecule has 0 N–H and O–H groups in total. The van der Waals surface area contributed by atoms with Gasteiger partial charge in [0.05, 0.1) is 43.3 Å². The smallest absolute Gasteiger partial charge is 0.423 e. The molecular formula is C32H36Cl6O8. The number of benzene rings is 2. The van der Waals surface area contributed by atoms with E-state index in [0.29, 0.717) is 12.8 Å². The van der Waals surface area contributed by atoms with Crippen LogP contribution in [0.2, 0.25) is 30.1 Å². The fourth-order valence-corrected chi connectivity index (χ4v) is 6.02. The minimum Gasteiger partial charge on any atom is -0.462 e. The van der Waals surface area contributed by atoms with E-state index in [-0.39, 0.29) is 54.2 Å². The van der Waals surface area contributed by atoms with E-state index in [1.54, 1.807) is 0 Å². The average molecular weight is 761 g/mol. The van der Waals surface area contributed by atoms with E-state index < -0.39 is 46.5 Å². The second kappa shape index (κ2) is 17.5. The summed E-state index contributed by atoms with van der Waals surface area (Å²) in [7, 11) is 0. The predicted molar refractivity (Wildman–Crippen MR) is 181 cm³/mol. The van der Waals surface area contributed by atoms with Gasteiger partial charge in [-0.25, -0.2) is 19.2 Å². The molecule has 0 aliphatic rings. The zero-order chi connectivity index (χ0) is 35.0. The van der Waals surface area contributed by atoms with Crippen molar-refractivity contribution in [3.63, 3.8) is 0 Å². The molecule has 0 saturated carbocycles. The summed E-state index contributed by atoms with van der Waals surface area (Å²) in [5.74, 6) is -6.46. The monoisotopic (exact) mass is 758 g/mol. The second-order valence-corrected chi connectivity index (χ2v) is 14.5. The van der Waals surface area contributed by atoms with Gasteiger partial charge in [-0.05, 0) is 48.6 Å². The van der Waals surface area contributed by atoms with E-state index in [0.717, 1.165) is 37.8 Å². The lowest BCUT2D eigenvalue weighted by atomic mass is 9.85. The fraction of sp³-hybridized carbons (Fsp3) is 0.500. The van der Waals surface area contributed by atoms with Crippen molar-refractivity contribution >= 4 is 93.5 Å². The van der Waals surface area contributed by atoms with E-state index in [4.69, 9.17) is 88.6 Å². The highest BCUT2D eigenvalue weighted by Gasteiger charge is 2.32. The summed E-state index contributed by atoms with van der Waals surface area (Å²) in [6.07, 6.45) is 4.76. The molecule has 0 aliphatic heterocycles. The molecule has 0 spiro atoms. The first kappa shape index (κ1) is 40.2. The van der Waals surface area contributed by atoms with Gasteiger partial charge < -0.3 is 18.9 Å². The van der Waals surface area contributed by atoms with Crippen molar-refractivity contribution in [3.8, 4) is 11.5 Å². The maximum absolute atomic E-state index is 13.1. The second-order valence-electron chi connectivity index (χ2n) is 12.1. The molecule has 254 valence electrons. The number of hydrogen-bond acceptors (Lipinski definition) is 8. The van der Waals surface area contributed by atoms with Gasteiger partial charge in [0.1, 0.15) is 11.1 Å². The molecule has 0 atom stereocenters. The Hall–Kier alpha value is -1.94. The van der Waals surface area contributed by atoms with Crippen molar-refractivity contribution < 1.29 is 38.1 Å². The van der Waals surface area contributed by atoms with Crippen molar-refractivity contribution in [1.29, 1.82) is 0 Å². The molecule has 0 heterocycles. The van der Waals surface area contributed by atoms with Gasteiger partial charge >= 0.3 is 23.9 Å². The van der Waals surface area contributed by atoms with Gasteiger partial charge in [-0.15, -0.1) is 0 Å². The molecule has 0 aromatic heterocycles. The minimum atomic E-state index is -1.65. The maximum Gasteiger partial charge on any atom is 0.423 e. The number of ether oxygens (including phenoxy) is 4. The quantitative estimate of drug-likeness (QED) is 0.0811. The predicted octanol–water partition coefficient (Wildman–Crippen LogP) is 10.9. The summed E-state index contributed by atoms with van der Waals surface area (Å²) in [6.45, 7) is 12.3. The number of hydrogen-bond donors (Lipinski definition) is 0. The molecule has 2 rings (SSSR count). The molecule has 2 aromatic carbocycles. The molecule has 14 heteroatoms. The molecule has 0 unspecified atom stereocenters. The average Bonchev–Trinajstić information content (AvgIpc) is 2.94. The third kappa shape index (κ3) is 11.1. The van der Waals surface area contributed by atoms with Crippen LogP contribution in [0.15, 0.2) is 12.1 Å². The first-order valence-corrected chi connectivity index (χ1v) is 16.8. The SMILES string of the molecule is CCCC(C)(C)CCOC(=O)c1c(Cl)c(Cl)cc(Cl)c1OC(=O)C(=O)Oc1c(Cl)cc(Cl)c(Cl)c1C(=O)OCCC(C)(C)CCC. The van der Waals surface area contributed by atoms with Crippen LogP contribution in [0.5, 0.6) is 11.5 Å². The molecule has 0 aliphatic carbocycles. The standard InChI is InChI=1S/C32H36Cl6O8/c1-7-9-31(3,4)11-13-43-27(39)21-23(37)17(33)15-19(35)25(21)45-29(41)30(42)46-26-20(36)16-18(34)24(38)22(26)28(40)44-14-12-32(5,6)10-8-2/h15-16H,7-14H2,1-6H3. The van der Waals surface area contributed by atoms with Crippen LogP contribution in [0.4, 0.5) is 0 Å². The highest BCUT2D eigenvalue weighted by atomic mass is 35.5. The Labute approximate surface area is 299 Å². The van der Waals surface area contributed by atoms with Gasteiger partial charge in [-0.3, -0.25) is 0 Å². The zero-order valence-corrected chi connectivity index (χ0v) is 30.9. The van der Waals surface area contributed by atoms with Crippen LogP contribution in [-0.4, -0.2) is 37.1 Å². The third-order valence-electron chi connectivity index (χ3n) is 7.10. The van der Waals surface area contributed by atoms with E-state index in [1.165, 1.54) is 0 Å². The van der Waals surface area contributed by atoms with Crippen molar-refractivity contribution in [2.45, 2.75) is 80.1 Å². The van der Waals surface area contributed by atoms with Gasteiger partial charge in [-0.2, -0.15) is 0 Å². The number of carbonyl (C=O) groups excluding carboxylic acids is 4. The summed E-state index contributed by atoms with van der Waals surface area (Å²) < 4.78 is 21.1. The van der Waals surface area contributed by atoms with Crippen LogP contribution < -0.4 is 9.47 Å². The number of esters is 4. The zero-order valence-electron chi connectivity index (χ0n) is 26.3. The Bertz CT molecular complexity index is 1360. The highest BCUT2D eigenvalue weighted by Crippen LogP contribution is 2.42. The van der Waals surface area contributed by atoms with Gasteiger partial charge in [0.15, 0.2) is 11.5 Å². The van der Waals surface area contributed by atoms with Gasteiger partial charge in [-0.1, -0.05) is 124 Å². The molecule has 8 nitrogen and oxygen atoms in total. The summed E-state index contributed by atoms with van der Waals surface area (Å²) in [5, 5.41) is -1.54. The summed E-state index contributed by atoms with van der Waals surface area (Å²) >= 11 is 37.3. The van der Waals surface area contributed by atoms with E-state index in [9.17, 15) is 19.2 Å². The third-order valence-corrected chi connectivity index (χ3v) is 9.23. The topological polar surface area (TPSA) is 105 Å². The summed E-state index contributed by atoms with van der Waals surface area (Å²) in [5.41, 5.74) is -1.16. The van der Waals surface area contributed by atoms with Crippen LogP contribution in [-0.2, 0) is 19.1 Å². The molecular weight excluding hydrogens is 725 g/mol. The van der Waals surface area contributed by atoms with E-state index in [1.807, 2.05) is 41.5 Å². The van der Waals surface area contributed by atoms with Crippen molar-refractivity contribution in [3.05, 3.63) is 53.4 Å². The Balaban J connectivity index is 2.32. The summed E-state index contributed by atoms with van der Waals surface area (Å²) in [6, 6.07) is 2.23. The molecule has 46 heavy (non-hydrogen) atoms. The lowest BCUT2D eigenvalue weighted by molar-refractivity contribution is -0.156. The lowest BCUT2D eigenvalue weighted by Crippen LogP contribution is -2.27. The Kier molecular flexibility index (Phi) is 15.3. The Morgan fingerprint density at radius 2 is 0.891 bits per heavy atom. The molecule has 0 amide bonds. The normalized spacial score (nSPS) is 11.7. The van der Waals surface area contributed by atoms with Crippen LogP contribution in [0.3, 0.4) is 0 Å². The number of carbonyl (C=O) groups is 4. The molecule has 0 fully saturated rings. The van der Waals surface area contributed by atoms with Crippen LogP contribution in [0, 0.1) is 10.8 Å². The largest absolute Gasteiger partial charge is 0.462 e. The lowest BCUT2D eigenvalue weighted by Gasteiger charge is -2.23. The first-order chi connectivity index (χ1) is 21.4.